The van der Waals surface area contributed by atoms with Crippen molar-refractivity contribution >= 4 is 36.1 Å². The zero-order valence-corrected chi connectivity index (χ0v) is 19.1. The molecule has 14 heteroatoms. The van der Waals surface area contributed by atoms with E-state index in [-0.39, 0.29) is 32.7 Å². The van der Waals surface area contributed by atoms with E-state index >= 15 is 0 Å². The number of unbranched alkanes of at least 4 members (excludes halogenated alkanes) is 3. The van der Waals surface area contributed by atoms with Crippen LogP contribution in [0.25, 0.3) is 0 Å². The predicted molar refractivity (Wildman–Crippen MR) is 117 cm³/mol. The lowest BCUT2D eigenvalue weighted by atomic mass is 10.2. The molecule has 5 N–H and O–H groups in total. The van der Waals surface area contributed by atoms with E-state index in [9.17, 15) is 28.8 Å². The molecular formula is C20H34N4O10. The fraction of sp³-hybridized carbons (Fsp3) is 0.700. The molecule has 0 saturated carbocycles. The van der Waals surface area contributed by atoms with Gasteiger partial charge in [-0.3, -0.25) is 38.7 Å². The summed E-state index contributed by atoms with van der Waals surface area (Å²) in [6.07, 6.45) is 3.44. The van der Waals surface area contributed by atoms with Crippen molar-refractivity contribution in [2.45, 2.75) is 25.7 Å². The van der Waals surface area contributed by atoms with Gasteiger partial charge in [0.15, 0.2) is 0 Å². The Kier molecular flexibility index (Phi) is 16.7. The molecule has 0 fully saturated rings. The molecule has 0 radical (unpaired) electrons. The largest absolute Gasteiger partial charge is 0.480 e. The van der Waals surface area contributed by atoms with Crippen LogP contribution in [0.2, 0.25) is 0 Å². The van der Waals surface area contributed by atoms with Gasteiger partial charge in [0.1, 0.15) is 6.29 Å². The first-order valence-electron chi connectivity index (χ1n) is 10.8. The van der Waals surface area contributed by atoms with Gasteiger partial charge in [-0.25, -0.2) is 0 Å². The molecule has 0 unspecified atom stereocenters. The summed E-state index contributed by atoms with van der Waals surface area (Å²) < 4.78 is 0. The van der Waals surface area contributed by atoms with Crippen LogP contribution in [-0.2, 0) is 28.8 Å². The Hall–Kier alpha value is -3.10. The van der Waals surface area contributed by atoms with E-state index in [0.717, 1.165) is 24.0 Å². The molecule has 0 rings (SSSR count). The molecule has 0 aliphatic heterocycles. The fourth-order valence-electron chi connectivity index (χ4n) is 3.05. The number of nitrogens with zero attached hydrogens (tertiary/aromatic N) is 3. The van der Waals surface area contributed by atoms with Crippen molar-refractivity contribution in [1.82, 2.24) is 20.0 Å². The predicted octanol–water partition coefficient (Wildman–Crippen LogP) is -1.89. The SMILES string of the molecule is O=CCCCCCNC(=O)CN(CCN(CCN(CC(=O)O)CC(=O)O)CC(=O)O)CC(=O)O. The van der Waals surface area contributed by atoms with Gasteiger partial charge >= 0.3 is 23.9 Å². The fourth-order valence-corrected chi connectivity index (χ4v) is 3.05. The van der Waals surface area contributed by atoms with Crippen molar-refractivity contribution in [3.63, 3.8) is 0 Å². The summed E-state index contributed by atoms with van der Waals surface area (Å²) in [5, 5.41) is 38.7. The van der Waals surface area contributed by atoms with Crippen molar-refractivity contribution in [2.75, 3.05) is 65.4 Å². The maximum absolute atomic E-state index is 12.1. The molecule has 0 saturated heterocycles. The third-order valence-corrected chi connectivity index (χ3v) is 4.59. The molecule has 0 atom stereocenters. The summed E-state index contributed by atoms with van der Waals surface area (Å²) in [5.74, 6) is -5.18. The van der Waals surface area contributed by atoms with Crippen LogP contribution in [0.15, 0.2) is 0 Å². The highest BCUT2D eigenvalue weighted by Gasteiger charge is 2.19. The Morgan fingerprint density at radius 3 is 1.44 bits per heavy atom. The quantitative estimate of drug-likeness (QED) is 0.0832. The third kappa shape index (κ3) is 18.5. The number of rotatable bonds is 22. The molecule has 194 valence electrons. The van der Waals surface area contributed by atoms with Gasteiger partial charge in [0, 0.05) is 39.1 Å². The molecule has 0 aromatic carbocycles. The number of hydrogen-bond acceptors (Lipinski definition) is 9. The minimum Gasteiger partial charge on any atom is -0.480 e. The van der Waals surface area contributed by atoms with E-state index in [2.05, 4.69) is 5.32 Å². The maximum Gasteiger partial charge on any atom is 0.317 e. The molecule has 1 amide bonds. The Morgan fingerprint density at radius 2 is 1.00 bits per heavy atom. The number of carboxylic acid groups (broad SMARTS) is 4. The van der Waals surface area contributed by atoms with Crippen molar-refractivity contribution < 1.29 is 49.2 Å². The highest BCUT2D eigenvalue weighted by atomic mass is 16.4. The Labute approximate surface area is 197 Å². The Balaban J connectivity index is 4.82. The number of carboxylic acids is 4. The average Bonchev–Trinajstić information content (AvgIpc) is 2.70. The van der Waals surface area contributed by atoms with Crippen LogP contribution >= 0.6 is 0 Å². The standard InChI is InChI=1S/C20H34N4O10/c25-10-4-2-1-3-5-21-16(26)11-23(13-18(29)30)8-6-22(12-17(27)28)7-9-24(14-19(31)32)15-20(33)34/h10H,1-9,11-15H2,(H,21,26)(H,27,28)(H,29,30)(H,31,32)(H,33,34). The van der Waals surface area contributed by atoms with E-state index in [1.54, 1.807) is 0 Å². The second-order valence-electron chi connectivity index (χ2n) is 7.64. The van der Waals surface area contributed by atoms with Gasteiger partial charge in [0.2, 0.25) is 5.91 Å². The van der Waals surface area contributed by atoms with Gasteiger partial charge in [0.25, 0.3) is 0 Å². The summed E-state index contributed by atoms with van der Waals surface area (Å²) in [6.45, 7) is -1.67. The van der Waals surface area contributed by atoms with Crippen LogP contribution in [0.5, 0.6) is 0 Å². The summed E-state index contributed by atoms with van der Waals surface area (Å²) >= 11 is 0. The molecule has 0 aromatic heterocycles. The monoisotopic (exact) mass is 490 g/mol. The molecule has 34 heavy (non-hydrogen) atoms. The molecule has 0 aromatic rings. The highest BCUT2D eigenvalue weighted by Crippen LogP contribution is 1.98. The third-order valence-electron chi connectivity index (χ3n) is 4.59. The molecule has 0 bridgehead atoms. The smallest absolute Gasteiger partial charge is 0.317 e. The summed E-state index contributed by atoms with van der Waals surface area (Å²) in [5.41, 5.74) is 0. The molecule has 14 nitrogen and oxygen atoms in total. The molecule has 0 aliphatic rings. The number of hydrogen-bond donors (Lipinski definition) is 5. The minimum atomic E-state index is -1.23. The number of aldehydes is 1. The van der Waals surface area contributed by atoms with E-state index in [1.165, 1.54) is 9.80 Å². The van der Waals surface area contributed by atoms with Gasteiger partial charge in [-0.2, -0.15) is 0 Å². The van der Waals surface area contributed by atoms with Gasteiger partial charge < -0.3 is 30.5 Å². The van der Waals surface area contributed by atoms with Gasteiger partial charge in [-0.05, 0) is 12.8 Å². The van der Waals surface area contributed by atoms with Crippen LogP contribution in [0, 0.1) is 0 Å². The number of nitrogens with one attached hydrogen (secondary N) is 1. The normalized spacial score (nSPS) is 11.0. The van der Waals surface area contributed by atoms with E-state index in [4.69, 9.17) is 20.4 Å². The number of amides is 1. The van der Waals surface area contributed by atoms with E-state index in [0.29, 0.717) is 19.4 Å². The lowest BCUT2D eigenvalue weighted by molar-refractivity contribution is -0.143. The van der Waals surface area contributed by atoms with Crippen molar-refractivity contribution in [3.8, 4) is 0 Å². The second-order valence-corrected chi connectivity index (χ2v) is 7.64. The van der Waals surface area contributed by atoms with Gasteiger partial charge in [-0.1, -0.05) is 6.42 Å². The van der Waals surface area contributed by atoms with Crippen LogP contribution < -0.4 is 5.32 Å². The Bertz CT molecular complexity index is 672. The van der Waals surface area contributed by atoms with Gasteiger partial charge in [-0.15, -0.1) is 0 Å². The molecular weight excluding hydrogens is 456 g/mol. The Morgan fingerprint density at radius 1 is 0.588 bits per heavy atom. The highest BCUT2D eigenvalue weighted by molar-refractivity contribution is 5.79. The number of aliphatic carboxylic acids is 4. The van der Waals surface area contributed by atoms with Gasteiger partial charge in [0.05, 0.1) is 32.7 Å². The topological polar surface area (TPSA) is 205 Å². The van der Waals surface area contributed by atoms with Crippen LogP contribution in [0.1, 0.15) is 25.7 Å². The zero-order chi connectivity index (χ0) is 25.9. The lowest BCUT2D eigenvalue weighted by Gasteiger charge is -2.27. The van der Waals surface area contributed by atoms with Crippen LogP contribution in [0.4, 0.5) is 0 Å². The summed E-state index contributed by atoms with van der Waals surface area (Å²) in [6, 6.07) is 0. The first kappa shape index (κ1) is 30.9. The lowest BCUT2D eigenvalue weighted by Crippen LogP contribution is -2.46. The van der Waals surface area contributed by atoms with Crippen molar-refractivity contribution in [3.05, 3.63) is 0 Å². The number of carbonyl (C=O) groups excluding carboxylic acids is 2. The second kappa shape index (κ2) is 18.3. The van der Waals surface area contributed by atoms with E-state index in [1.807, 2.05) is 0 Å². The number of carbonyl (C=O) groups is 6. The molecule has 0 aliphatic carbocycles. The first-order valence-corrected chi connectivity index (χ1v) is 10.8. The minimum absolute atomic E-state index is 0.0285. The first-order chi connectivity index (χ1) is 16.0. The van der Waals surface area contributed by atoms with Crippen LogP contribution in [-0.4, -0.2) is 137 Å². The maximum atomic E-state index is 12.1. The zero-order valence-electron chi connectivity index (χ0n) is 19.1. The van der Waals surface area contributed by atoms with Crippen LogP contribution in [0.3, 0.4) is 0 Å². The summed E-state index contributed by atoms with van der Waals surface area (Å²) in [7, 11) is 0. The molecule has 0 spiro atoms. The summed E-state index contributed by atoms with van der Waals surface area (Å²) in [4.78, 5) is 70.5. The average molecular weight is 491 g/mol. The van der Waals surface area contributed by atoms with Crippen molar-refractivity contribution in [1.29, 1.82) is 0 Å². The van der Waals surface area contributed by atoms with E-state index < -0.39 is 56.0 Å². The molecule has 0 heterocycles. The van der Waals surface area contributed by atoms with Crippen molar-refractivity contribution in [2.24, 2.45) is 0 Å².